The lowest BCUT2D eigenvalue weighted by atomic mass is 10.1. The van der Waals surface area contributed by atoms with Gasteiger partial charge in [0.15, 0.2) is 0 Å². The number of hydrazone groups is 1. The first-order valence-corrected chi connectivity index (χ1v) is 11.0. The molecular weight excluding hydrogens is 452 g/mol. The Balaban J connectivity index is 1.37. The van der Waals surface area contributed by atoms with Gasteiger partial charge in [0.1, 0.15) is 23.6 Å². The van der Waals surface area contributed by atoms with Gasteiger partial charge in [-0.3, -0.25) is 9.78 Å². The number of halogens is 2. The number of amides is 1. The van der Waals surface area contributed by atoms with Crippen molar-refractivity contribution >= 4 is 22.5 Å². The minimum atomic E-state index is -2.88. The van der Waals surface area contributed by atoms with Crippen LogP contribution in [-0.4, -0.2) is 23.2 Å². The molecule has 0 spiro atoms. The van der Waals surface area contributed by atoms with Crippen molar-refractivity contribution in [2.24, 2.45) is 5.10 Å². The fraction of sp³-hybridized carbons (Fsp3) is 0.148. The van der Waals surface area contributed by atoms with Gasteiger partial charge in [0, 0.05) is 17.1 Å². The Hall–Kier alpha value is -4.33. The van der Waals surface area contributed by atoms with Crippen molar-refractivity contribution in [1.29, 1.82) is 0 Å². The molecule has 4 aromatic rings. The predicted octanol–water partition coefficient (Wildman–Crippen LogP) is 5.96. The zero-order chi connectivity index (χ0) is 24.6. The number of pyridine rings is 1. The molecule has 0 radical (unpaired) electrons. The Morgan fingerprint density at radius 3 is 2.40 bits per heavy atom. The summed E-state index contributed by atoms with van der Waals surface area (Å²) in [5, 5.41) is 5.20. The summed E-state index contributed by atoms with van der Waals surface area (Å²) in [6.07, 6.45) is 2.26. The van der Waals surface area contributed by atoms with Crippen LogP contribution in [0.25, 0.3) is 10.9 Å². The summed E-state index contributed by atoms with van der Waals surface area (Å²) in [6, 6.07) is 22.8. The molecule has 0 saturated heterocycles. The van der Waals surface area contributed by atoms with E-state index in [4.69, 9.17) is 4.74 Å². The first-order valence-electron chi connectivity index (χ1n) is 11.0. The Morgan fingerprint density at radius 1 is 0.971 bits per heavy atom. The van der Waals surface area contributed by atoms with Crippen LogP contribution < -0.4 is 14.9 Å². The Morgan fingerprint density at radius 2 is 1.69 bits per heavy atom. The van der Waals surface area contributed by atoms with Gasteiger partial charge in [0.2, 0.25) is 0 Å². The molecule has 178 valence electrons. The number of benzene rings is 3. The van der Waals surface area contributed by atoms with Gasteiger partial charge in [-0.2, -0.15) is 13.9 Å². The Bertz CT molecular complexity index is 1320. The van der Waals surface area contributed by atoms with Gasteiger partial charge in [-0.05, 0) is 66.1 Å². The minimum Gasteiger partial charge on any atom is -0.487 e. The Labute approximate surface area is 201 Å². The van der Waals surface area contributed by atoms with Gasteiger partial charge in [0.25, 0.3) is 5.91 Å². The quantitative estimate of drug-likeness (QED) is 0.240. The van der Waals surface area contributed by atoms with Crippen LogP contribution in [0.2, 0.25) is 0 Å². The van der Waals surface area contributed by atoms with Gasteiger partial charge in [-0.25, -0.2) is 5.43 Å². The maximum absolute atomic E-state index is 12.5. The number of rotatable bonds is 9. The molecule has 35 heavy (non-hydrogen) atoms. The summed E-state index contributed by atoms with van der Waals surface area (Å²) in [5.74, 6) is 0.392. The second kappa shape index (κ2) is 11.2. The minimum absolute atomic E-state index is 0.0593. The number of carbonyl (C=O) groups is 1. The van der Waals surface area contributed by atoms with Crippen LogP contribution in [0.4, 0.5) is 8.78 Å². The molecule has 4 rings (SSSR count). The van der Waals surface area contributed by atoms with Crippen LogP contribution in [0.1, 0.15) is 34.8 Å². The molecule has 0 aliphatic heterocycles. The third-order valence-electron chi connectivity index (χ3n) is 5.25. The molecule has 0 aliphatic rings. The summed E-state index contributed by atoms with van der Waals surface area (Å²) in [5.41, 5.74) is 6.00. The van der Waals surface area contributed by atoms with E-state index >= 15 is 0 Å². The monoisotopic (exact) mass is 475 g/mol. The van der Waals surface area contributed by atoms with E-state index in [9.17, 15) is 13.6 Å². The van der Waals surface area contributed by atoms with Crippen LogP contribution >= 0.6 is 0 Å². The molecule has 0 saturated carbocycles. The highest BCUT2D eigenvalue weighted by molar-refractivity contribution is 6.02. The van der Waals surface area contributed by atoms with Gasteiger partial charge in [-0.15, -0.1) is 0 Å². The van der Waals surface area contributed by atoms with Crippen molar-refractivity contribution in [1.82, 2.24) is 10.4 Å². The number of nitrogens with one attached hydrogen (secondary N) is 1. The number of para-hydroxylation sites is 1. The van der Waals surface area contributed by atoms with E-state index in [1.54, 1.807) is 30.5 Å². The standard InChI is InChI=1S/C27H23F2N3O3/c1-2-23(19-12-14-22(15-13-19)35-27(28)29)31-32-26(33)21-10-8-18(9-11-21)17-34-24-7-3-5-20-6-4-16-30-25(20)24/h3-16,27H,2,17H2,1H3,(H,32,33)/b31-23+. The van der Waals surface area contributed by atoms with Crippen molar-refractivity contribution in [2.45, 2.75) is 26.6 Å². The van der Waals surface area contributed by atoms with Crippen molar-refractivity contribution in [2.75, 3.05) is 0 Å². The molecule has 8 heteroatoms. The highest BCUT2D eigenvalue weighted by atomic mass is 19.3. The van der Waals surface area contributed by atoms with Gasteiger partial charge in [0.05, 0.1) is 5.71 Å². The molecule has 0 unspecified atom stereocenters. The van der Waals surface area contributed by atoms with Crippen molar-refractivity contribution in [3.63, 3.8) is 0 Å². The van der Waals surface area contributed by atoms with Crippen molar-refractivity contribution in [3.8, 4) is 11.5 Å². The predicted molar refractivity (Wildman–Crippen MR) is 130 cm³/mol. The van der Waals surface area contributed by atoms with E-state index in [0.717, 1.165) is 16.5 Å². The average Bonchev–Trinajstić information content (AvgIpc) is 2.88. The third-order valence-corrected chi connectivity index (χ3v) is 5.25. The molecule has 0 atom stereocenters. The van der Waals surface area contributed by atoms with E-state index in [0.29, 0.717) is 35.6 Å². The van der Waals surface area contributed by atoms with Crippen LogP contribution in [0.15, 0.2) is 90.2 Å². The molecule has 0 aliphatic carbocycles. The molecule has 1 aromatic heterocycles. The first-order chi connectivity index (χ1) is 17.0. The van der Waals surface area contributed by atoms with Crippen LogP contribution in [-0.2, 0) is 6.61 Å². The lowest BCUT2D eigenvalue weighted by Gasteiger charge is -2.09. The number of alkyl halides is 2. The fourth-order valence-electron chi connectivity index (χ4n) is 3.47. The number of aromatic nitrogens is 1. The van der Waals surface area contributed by atoms with E-state index in [1.807, 2.05) is 49.4 Å². The van der Waals surface area contributed by atoms with E-state index in [1.165, 1.54) is 12.1 Å². The highest BCUT2D eigenvalue weighted by Gasteiger charge is 2.09. The molecule has 6 nitrogen and oxygen atoms in total. The lowest BCUT2D eigenvalue weighted by molar-refractivity contribution is -0.0498. The zero-order valence-electron chi connectivity index (χ0n) is 18.9. The summed E-state index contributed by atoms with van der Waals surface area (Å²) >= 11 is 0. The molecule has 0 fully saturated rings. The van der Waals surface area contributed by atoms with E-state index in [2.05, 4.69) is 20.2 Å². The molecule has 1 heterocycles. The van der Waals surface area contributed by atoms with E-state index in [-0.39, 0.29) is 11.7 Å². The van der Waals surface area contributed by atoms with Gasteiger partial charge in [-0.1, -0.05) is 37.3 Å². The number of fused-ring (bicyclic) bond motifs is 1. The molecule has 1 N–H and O–H groups in total. The molecule has 1 amide bonds. The zero-order valence-corrected chi connectivity index (χ0v) is 18.9. The Kier molecular flexibility index (Phi) is 7.62. The largest absolute Gasteiger partial charge is 0.487 e. The number of carbonyl (C=O) groups excluding carboxylic acids is 1. The second-order valence-electron chi connectivity index (χ2n) is 7.57. The SMILES string of the molecule is CC/C(=N\NC(=O)c1ccc(COc2cccc3cccnc23)cc1)c1ccc(OC(F)F)cc1. The average molecular weight is 475 g/mol. The van der Waals surface area contributed by atoms with Crippen molar-refractivity contribution < 1.29 is 23.0 Å². The maximum Gasteiger partial charge on any atom is 0.387 e. The van der Waals surface area contributed by atoms with E-state index < -0.39 is 6.61 Å². The summed E-state index contributed by atoms with van der Waals surface area (Å²) in [7, 11) is 0. The molecular formula is C27H23F2N3O3. The normalized spacial score (nSPS) is 11.5. The lowest BCUT2D eigenvalue weighted by Crippen LogP contribution is -2.20. The van der Waals surface area contributed by atoms with Crippen LogP contribution in [0.5, 0.6) is 11.5 Å². The van der Waals surface area contributed by atoms with Gasteiger partial charge >= 0.3 is 6.61 Å². The number of ether oxygens (including phenoxy) is 2. The highest BCUT2D eigenvalue weighted by Crippen LogP contribution is 2.24. The third kappa shape index (κ3) is 6.17. The second-order valence-corrected chi connectivity index (χ2v) is 7.57. The van der Waals surface area contributed by atoms with Gasteiger partial charge < -0.3 is 9.47 Å². The maximum atomic E-state index is 12.5. The summed E-state index contributed by atoms with van der Waals surface area (Å²) in [6.45, 7) is -0.664. The number of nitrogens with zero attached hydrogens (tertiary/aromatic N) is 2. The molecule has 0 bridgehead atoms. The topological polar surface area (TPSA) is 72.8 Å². The van der Waals surface area contributed by atoms with Crippen LogP contribution in [0.3, 0.4) is 0 Å². The summed E-state index contributed by atoms with van der Waals surface area (Å²) < 4.78 is 34.9. The van der Waals surface area contributed by atoms with Crippen LogP contribution in [0, 0.1) is 0 Å². The summed E-state index contributed by atoms with van der Waals surface area (Å²) in [4.78, 5) is 16.9. The van der Waals surface area contributed by atoms with Crippen molar-refractivity contribution in [3.05, 3.63) is 102 Å². The smallest absolute Gasteiger partial charge is 0.387 e. The molecule has 3 aromatic carbocycles. The number of hydrogen-bond acceptors (Lipinski definition) is 5. The fourth-order valence-corrected chi connectivity index (χ4v) is 3.47. The number of hydrogen-bond donors (Lipinski definition) is 1. The first kappa shape index (κ1) is 23.8.